The molecule has 1 aliphatic heterocycles. The van der Waals surface area contributed by atoms with Crippen molar-refractivity contribution in [3.05, 3.63) is 29.3 Å². The first-order valence-electron chi connectivity index (χ1n) is 4.31. The Bertz CT molecular complexity index is 300. The average Bonchev–Trinajstić information content (AvgIpc) is 2.72. The molecule has 1 fully saturated rings. The van der Waals surface area contributed by atoms with Gasteiger partial charge in [0.1, 0.15) is 0 Å². The fourth-order valence-corrected chi connectivity index (χ4v) is 1.81. The number of aryl methyl sites for hydroxylation is 1. The van der Waals surface area contributed by atoms with E-state index in [2.05, 4.69) is 23.1 Å². The van der Waals surface area contributed by atoms with Crippen LogP contribution in [0.5, 0.6) is 0 Å². The van der Waals surface area contributed by atoms with Crippen molar-refractivity contribution in [2.45, 2.75) is 12.8 Å². The van der Waals surface area contributed by atoms with Gasteiger partial charge in [0.25, 0.3) is 0 Å². The minimum Gasteiger partial charge on any atom is -0.368 e. The Kier molecular flexibility index (Phi) is 0.916. The highest BCUT2D eigenvalue weighted by molar-refractivity contribution is 5.63. The summed E-state index contributed by atoms with van der Waals surface area (Å²) in [4.78, 5) is 2.44. The fraction of sp³-hybridized carbons (Fsp3) is 0.400. The number of nitrogens with zero attached hydrogens (tertiary/aromatic N) is 1. The third-order valence-corrected chi connectivity index (χ3v) is 2.68. The van der Waals surface area contributed by atoms with E-state index in [0.717, 1.165) is 0 Å². The van der Waals surface area contributed by atoms with Crippen molar-refractivity contribution in [2.24, 2.45) is 0 Å². The number of benzene rings is 1. The molecule has 0 aromatic heterocycles. The van der Waals surface area contributed by atoms with Crippen molar-refractivity contribution in [2.75, 3.05) is 18.0 Å². The van der Waals surface area contributed by atoms with Crippen LogP contribution in [0.3, 0.4) is 0 Å². The summed E-state index contributed by atoms with van der Waals surface area (Å²) < 4.78 is 0. The minimum absolute atomic E-state index is 1.27. The standard InChI is InChI=1S/C10H11N/c1-2-8-4-5-9(8)10(3-1)11-6-7-11/h1-3H,4-7H2. The van der Waals surface area contributed by atoms with Crippen molar-refractivity contribution in [3.63, 3.8) is 0 Å². The van der Waals surface area contributed by atoms with Gasteiger partial charge in [0.15, 0.2) is 0 Å². The van der Waals surface area contributed by atoms with Gasteiger partial charge in [-0.3, -0.25) is 0 Å². The van der Waals surface area contributed by atoms with Crippen LogP contribution in [-0.4, -0.2) is 13.1 Å². The van der Waals surface area contributed by atoms with Crippen LogP contribution >= 0.6 is 0 Å². The van der Waals surface area contributed by atoms with Crippen LogP contribution in [0.15, 0.2) is 18.2 Å². The summed E-state index contributed by atoms with van der Waals surface area (Å²) in [6.07, 6.45) is 2.61. The normalized spacial score (nSPS) is 19.1. The SMILES string of the molecule is c1cc2c(c(N3CC3)c1)CC2. The highest BCUT2D eigenvalue weighted by Crippen LogP contribution is 2.34. The van der Waals surface area contributed by atoms with E-state index in [1.165, 1.54) is 31.6 Å². The first kappa shape index (κ1) is 5.64. The van der Waals surface area contributed by atoms with E-state index in [1.54, 1.807) is 11.1 Å². The highest BCUT2D eigenvalue weighted by Gasteiger charge is 2.25. The van der Waals surface area contributed by atoms with Crippen LogP contribution < -0.4 is 4.90 Å². The first-order valence-corrected chi connectivity index (χ1v) is 4.31. The largest absolute Gasteiger partial charge is 0.368 e. The van der Waals surface area contributed by atoms with Gasteiger partial charge < -0.3 is 4.90 Å². The topological polar surface area (TPSA) is 3.01 Å². The molecule has 1 heteroatoms. The van der Waals surface area contributed by atoms with Gasteiger partial charge in [-0.15, -0.1) is 0 Å². The third kappa shape index (κ3) is 0.710. The Hall–Kier alpha value is -0.980. The van der Waals surface area contributed by atoms with Crippen LogP contribution in [0.25, 0.3) is 0 Å². The zero-order chi connectivity index (χ0) is 7.26. The lowest BCUT2D eigenvalue weighted by Crippen LogP contribution is -2.11. The number of anilines is 1. The average molecular weight is 145 g/mol. The summed E-state index contributed by atoms with van der Waals surface area (Å²) in [5, 5.41) is 0. The van der Waals surface area contributed by atoms with Crippen molar-refractivity contribution in [1.29, 1.82) is 0 Å². The number of rotatable bonds is 1. The van der Waals surface area contributed by atoms with Crippen molar-refractivity contribution >= 4 is 5.69 Å². The predicted molar refractivity (Wildman–Crippen MR) is 46.1 cm³/mol. The minimum atomic E-state index is 1.27. The summed E-state index contributed by atoms with van der Waals surface area (Å²) in [5.74, 6) is 0. The van der Waals surface area contributed by atoms with Crippen LogP contribution in [0.4, 0.5) is 5.69 Å². The molecule has 1 nitrogen and oxygen atoms in total. The molecule has 0 unspecified atom stereocenters. The van der Waals surface area contributed by atoms with Gasteiger partial charge in [0.2, 0.25) is 0 Å². The van der Waals surface area contributed by atoms with Crippen molar-refractivity contribution in [3.8, 4) is 0 Å². The van der Waals surface area contributed by atoms with Crippen LogP contribution in [-0.2, 0) is 12.8 Å². The van der Waals surface area contributed by atoms with E-state index in [0.29, 0.717) is 0 Å². The van der Waals surface area contributed by atoms with Crippen molar-refractivity contribution < 1.29 is 0 Å². The molecular weight excluding hydrogens is 134 g/mol. The van der Waals surface area contributed by atoms with Crippen LogP contribution in [0.2, 0.25) is 0 Å². The van der Waals surface area contributed by atoms with Gasteiger partial charge >= 0.3 is 0 Å². The second-order valence-electron chi connectivity index (χ2n) is 3.40. The fourth-order valence-electron chi connectivity index (χ4n) is 1.81. The molecule has 1 saturated heterocycles. The Morgan fingerprint density at radius 1 is 1.09 bits per heavy atom. The summed E-state index contributed by atoms with van der Waals surface area (Å²) in [6.45, 7) is 2.55. The molecule has 11 heavy (non-hydrogen) atoms. The molecule has 1 heterocycles. The molecule has 3 rings (SSSR count). The zero-order valence-electron chi connectivity index (χ0n) is 6.51. The van der Waals surface area contributed by atoms with E-state index in [-0.39, 0.29) is 0 Å². The molecule has 1 aromatic rings. The van der Waals surface area contributed by atoms with E-state index in [9.17, 15) is 0 Å². The molecule has 0 amide bonds. The monoisotopic (exact) mass is 145 g/mol. The maximum absolute atomic E-state index is 2.44. The molecule has 56 valence electrons. The molecule has 0 atom stereocenters. The molecule has 1 aliphatic carbocycles. The molecule has 0 saturated carbocycles. The first-order chi connectivity index (χ1) is 5.45. The Balaban J connectivity index is 2.14. The summed E-state index contributed by atoms with van der Waals surface area (Å²) in [7, 11) is 0. The summed E-state index contributed by atoms with van der Waals surface area (Å²) >= 11 is 0. The zero-order valence-corrected chi connectivity index (χ0v) is 6.51. The lowest BCUT2D eigenvalue weighted by molar-refractivity contribution is 0.838. The van der Waals surface area contributed by atoms with Gasteiger partial charge in [-0.05, 0) is 30.0 Å². The molecular formula is C10H11N. The van der Waals surface area contributed by atoms with Gasteiger partial charge in [-0.25, -0.2) is 0 Å². The lowest BCUT2D eigenvalue weighted by atomic mass is 9.87. The number of fused-ring (bicyclic) bond motifs is 1. The maximum atomic E-state index is 2.44. The smallest absolute Gasteiger partial charge is 0.0402 e. The number of hydrogen-bond donors (Lipinski definition) is 0. The second kappa shape index (κ2) is 1.79. The van der Waals surface area contributed by atoms with Gasteiger partial charge in [0.05, 0.1) is 0 Å². The molecule has 2 aliphatic rings. The molecule has 0 radical (unpaired) electrons. The van der Waals surface area contributed by atoms with Gasteiger partial charge in [-0.2, -0.15) is 0 Å². The third-order valence-electron chi connectivity index (χ3n) is 2.68. The second-order valence-corrected chi connectivity index (χ2v) is 3.40. The van der Waals surface area contributed by atoms with Gasteiger partial charge in [-0.1, -0.05) is 12.1 Å². The highest BCUT2D eigenvalue weighted by atomic mass is 15.3. The molecule has 0 spiro atoms. The lowest BCUT2D eigenvalue weighted by Gasteiger charge is -2.22. The van der Waals surface area contributed by atoms with E-state index < -0.39 is 0 Å². The predicted octanol–water partition coefficient (Wildman–Crippen LogP) is 1.61. The van der Waals surface area contributed by atoms with E-state index in [4.69, 9.17) is 0 Å². The quantitative estimate of drug-likeness (QED) is 0.542. The molecule has 0 N–H and O–H groups in total. The van der Waals surface area contributed by atoms with Crippen LogP contribution in [0, 0.1) is 0 Å². The van der Waals surface area contributed by atoms with Gasteiger partial charge in [0, 0.05) is 18.8 Å². The maximum Gasteiger partial charge on any atom is 0.0402 e. The van der Waals surface area contributed by atoms with Crippen molar-refractivity contribution in [1.82, 2.24) is 0 Å². The molecule has 0 bridgehead atoms. The van der Waals surface area contributed by atoms with E-state index in [1.807, 2.05) is 0 Å². The Morgan fingerprint density at radius 2 is 2.00 bits per heavy atom. The Labute approximate surface area is 66.6 Å². The number of hydrogen-bond acceptors (Lipinski definition) is 1. The summed E-state index contributed by atoms with van der Waals surface area (Å²) in [5.41, 5.74) is 4.70. The molecule has 1 aromatic carbocycles. The van der Waals surface area contributed by atoms with Crippen LogP contribution in [0.1, 0.15) is 11.1 Å². The Morgan fingerprint density at radius 3 is 2.64 bits per heavy atom. The summed E-state index contributed by atoms with van der Waals surface area (Å²) in [6, 6.07) is 6.70. The van der Waals surface area contributed by atoms with E-state index >= 15 is 0 Å².